The number of halogens is 1. The lowest BCUT2D eigenvalue weighted by Crippen LogP contribution is -2.20. The summed E-state index contributed by atoms with van der Waals surface area (Å²) in [4.78, 5) is 8.08. The molecule has 3 aromatic heterocycles. The van der Waals surface area contributed by atoms with Gasteiger partial charge in [0.25, 0.3) is 0 Å². The maximum atomic E-state index is 13.8. The predicted molar refractivity (Wildman–Crippen MR) is 122 cm³/mol. The van der Waals surface area contributed by atoms with Crippen LogP contribution in [0, 0.1) is 5.82 Å². The van der Waals surface area contributed by atoms with Crippen LogP contribution in [-0.4, -0.2) is 33.3 Å². The van der Waals surface area contributed by atoms with Gasteiger partial charge in [-0.2, -0.15) is 5.10 Å². The van der Waals surface area contributed by atoms with Gasteiger partial charge in [-0.15, -0.1) is 0 Å². The van der Waals surface area contributed by atoms with Gasteiger partial charge in [-0.3, -0.25) is 5.10 Å². The van der Waals surface area contributed by atoms with E-state index >= 15 is 0 Å². The Balaban J connectivity index is 1.49. The molecule has 1 aliphatic rings. The van der Waals surface area contributed by atoms with Crippen LogP contribution in [0.4, 0.5) is 4.39 Å². The zero-order valence-corrected chi connectivity index (χ0v) is 16.7. The first-order valence-electron chi connectivity index (χ1n) is 10.4. The summed E-state index contributed by atoms with van der Waals surface area (Å²) in [5, 5.41) is 13.0. The molecule has 4 heterocycles. The number of hydrogen-bond donors (Lipinski definition) is 3. The molecule has 31 heavy (non-hydrogen) atoms. The Morgan fingerprint density at radius 3 is 2.74 bits per heavy atom. The van der Waals surface area contributed by atoms with Crippen LogP contribution >= 0.6 is 0 Å². The molecule has 1 aliphatic heterocycles. The monoisotopic (exact) mass is 409 g/mol. The number of pyridine rings is 1. The van der Waals surface area contributed by atoms with Crippen molar-refractivity contribution in [3.63, 3.8) is 0 Å². The first-order valence-corrected chi connectivity index (χ1v) is 10.4. The number of nitrogens with one attached hydrogen (secondary N) is 3. The van der Waals surface area contributed by atoms with Crippen molar-refractivity contribution in [2.45, 2.75) is 6.42 Å². The van der Waals surface area contributed by atoms with Crippen molar-refractivity contribution in [2.24, 2.45) is 0 Å². The Morgan fingerprint density at radius 2 is 1.87 bits per heavy atom. The second-order valence-corrected chi connectivity index (χ2v) is 7.84. The van der Waals surface area contributed by atoms with Crippen LogP contribution in [0.3, 0.4) is 0 Å². The van der Waals surface area contributed by atoms with Gasteiger partial charge in [0.2, 0.25) is 0 Å². The van der Waals surface area contributed by atoms with Gasteiger partial charge in [0.05, 0.1) is 5.69 Å². The molecular formula is C25H20FN5. The van der Waals surface area contributed by atoms with E-state index in [1.54, 1.807) is 12.1 Å². The van der Waals surface area contributed by atoms with E-state index < -0.39 is 0 Å². The minimum atomic E-state index is -0.241. The summed E-state index contributed by atoms with van der Waals surface area (Å²) in [6.45, 7) is 1.86. The Hall–Kier alpha value is -3.77. The molecule has 6 heteroatoms. The second kappa shape index (κ2) is 7.18. The summed E-state index contributed by atoms with van der Waals surface area (Å²) in [7, 11) is 0. The number of fused-ring (bicyclic) bond motifs is 2. The Morgan fingerprint density at radius 1 is 0.935 bits per heavy atom. The Kier molecular flexibility index (Phi) is 4.18. The minimum Gasteiger partial charge on any atom is -0.353 e. The third-order valence-corrected chi connectivity index (χ3v) is 5.91. The van der Waals surface area contributed by atoms with Gasteiger partial charge in [-0.1, -0.05) is 30.3 Å². The molecular weight excluding hydrogens is 389 g/mol. The van der Waals surface area contributed by atoms with Gasteiger partial charge in [0, 0.05) is 29.0 Å². The lowest BCUT2D eigenvalue weighted by molar-refractivity contribution is 0.628. The van der Waals surface area contributed by atoms with Gasteiger partial charge in [-0.05, 0) is 65.6 Å². The maximum absolute atomic E-state index is 13.8. The fourth-order valence-corrected chi connectivity index (χ4v) is 4.36. The van der Waals surface area contributed by atoms with Crippen LogP contribution in [-0.2, 0) is 0 Å². The molecule has 5 aromatic rings. The molecule has 0 bridgehead atoms. The zero-order chi connectivity index (χ0) is 20.8. The predicted octanol–water partition coefficient (Wildman–Crippen LogP) is 5.29. The largest absolute Gasteiger partial charge is 0.353 e. The van der Waals surface area contributed by atoms with Crippen molar-refractivity contribution in [2.75, 3.05) is 13.1 Å². The van der Waals surface area contributed by atoms with Crippen molar-refractivity contribution in [1.82, 2.24) is 25.5 Å². The van der Waals surface area contributed by atoms with Crippen molar-refractivity contribution in [3.8, 4) is 22.5 Å². The average Bonchev–Trinajstić information content (AvgIpc) is 3.43. The number of nitrogens with zero attached hydrogens (tertiary/aromatic N) is 2. The molecule has 3 N–H and O–H groups in total. The van der Waals surface area contributed by atoms with Crippen molar-refractivity contribution < 1.29 is 4.39 Å². The number of hydrogen-bond acceptors (Lipinski definition) is 3. The van der Waals surface area contributed by atoms with Crippen molar-refractivity contribution in [3.05, 3.63) is 78.3 Å². The molecule has 2 aromatic carbocycles. The molecule has 0 saturated carbocycles. The van der Waals surface area contributed by atoms with E-state index in [1.807, 2.05) is 30.5 Å². The Labute approximate surface area is 178 Å². The van der Waals surface area contributed by atoms with Crippen LogP contribution in [0.2, 0.25) is 0 Å². The summed E-state index contributed by atoms with van der Waals surface area (Å²) >= 11 is 0. The summed E-state index contributed by atoms with van der Waals surface area (Å²) in [5.74, 6) is -0.241. The highest BCUT2D eigenvalue weighted by Crippen LogP contribution is 2.34. The molecule has 0 spiro atoms. The van der Waals surface area contributed by atoms with Gasteiger partial charge in [-0.25, -0.2) is 9.37 Å². The molecule has 0 radical (unpaired) electrons. The highest BCUT2D eigenvalue weighted by Gasteiger charge is 2.16. The molecule has 0 atom stereocenters. The standard InChI is InChI=1S/C25H20FN5/c26-18-4-1-3-16(11-18)19-5-2-6-22-20(19)13-23(29-22)24-21-12-17(14-28-25(21)31-30-24)15-7-9-27-10-8-15/h1-7,11-14,27,29H,8-10H2,(H,28,30,31). The zero-order valence-electron chi connectivity index (χ0n) is 16.7. The molecule has 0 unspecified atom stereocenters. The van der Waals surface area contributed by atoms with E-state index in [4.69, 9.17) is 0 Å². The van der Waals surface area contributed by atoms with E-state index in [2.05, 4.69) is 43.7 Å². The van der Waals surface area contributed by atoms with Crippen LogP contribution < -0.4 is 5.32 Å². The summed E-state index contributed by atoms with van der Waals surface area (Å²) in [6.07, 6.45) is 5.12. The topological polar surface area (TPSA) is 69.4 Å². The number of aromatic amines is 2. The lowest BCUT2D eigenvalue weighted by Gasteiger charge is -2.13. The van der Waals surface area contributed by atoms with Crippen molar-refractivity contribution >= 4 is 27.5 Å². The first-order chi connectivity index (χ1) is 15.3. The summed E-state index contributed by atoms with van der Waals surface area (Å²) in [5.41, 5.74) is 7.76. The van der Waals surface area contributed by atoms with Crippen LogP contribution in [0.25, 0.3) is 50.0 Å². The average molecular weight is 409 g/mol. The van der Waals surface area contributed by atoms with E-state index in [0.29, 0.717) is 0 Å². The highest BCUT2D eigenvalue weighted by molar-refractivity contribution is 6.01. The quantitative estimate of drug-likeness (QED) is 0.379. The van der Waals surface area contributed by atoms with Crippen LogP contribution in [0.15, 0.2) is 66.9 Å². The third-order valence-electron chi connectivity index (χ3n) is 5.91. The van der Waals surface area contributed by atoms with Gasteiger partial charge in [0.1, 0.15) is 11.5 Å². The van der Waals surface area contributed by atoms with E-state index in [9.17, 15) is 4.39 Å². The molecule has 0 saturated heterocycles. The molecule has 152 valence electrons. The van der Waals surface area contributed by atoms with Crippen LogP contribution in [0.1, 0.15) is 12.0 Å². The van der Waals surface area contributed by atoms with Gasteiger partial charge in [0.15, 0.2) is 5.65 Å². The van der Waals surface area contributed by atoms with E-state index in [0.717, 1.165) is 69.5 Å². The molecule has 6 rings (SSSR count). The minimum absolute atomic E-state index is 0.241. The summed E-state index contributed by atoms with van der Waals surface area (Å²) in [6, 6.07) is 17.0. The Bertz CT molecular complexity index is 1460. The number of rotatable bonds is 3. The van der Waals surface area contributed by atoms with Gasteiger partial charge >= 0.3 is 0 Å². The lowest BCUT2D eigenvalue weighted by atomic mass is 10.0. The summed E-state index contributed by atoms with van der Waals surface area (Å²) < 4.78 is 13.8. The molecule has 0 fully saturated rings. The smallest absolute Gasteiger partial charge is 0.155 e. The second-order valence-electron chi connectivity index (χ2n) is 7.84. The van der Waals surface area contributed by atoms with Crippen molar-refractivity contribution in [1.29, 1.82) is 0 Å². The molecule has 0 amide bonds. The van der Waals surface area contributed by atoms with Crippen LogP contribution in [0.5, 0.6) is 0 Å². The van der Waals surface area contributed by atoms with E-state index in [1.165, 1.54) is 11.6 Å². The maximum Gasteiger partial charge on any atom is 0.155 e. The normalized spacial score (nSPS) is 14.3. The number of benzene rings is 2. The van der Waals surface area contributed by atoms with E-state index in [-0.39, 0.29) is 5.82 Å². The molecule has 5 nitrogen and oxygen atoms in total. The van der Waals surface area contributed by atoms with Gasteiger partial charge < -0.3 is 10.3 Å². The first kappa shape index (κ1) is 18.0. The number of H-pyrrole nitrogens is 2. The third kappa shape index (κ3) is 3.12. The fourth-order valence-electron chi connectivity index (χ4n) is 4.36. The SMILES string of the molecule is Fc1cccc(-c2cccc3[nH]c(-c4n[nH]c5ncc(C6=CCNCC6)cc45)cc23)c1. The molecule has 0 aliphatic carbocycles. The fraction of sp³-hybridized carbons (Fsp3) is 0.120. The highest BCUT2D eigenvalue weighted by atomic mass is 19.1. The number of aromatic nitrogens is 4.